The quantitative estimate of drug-likeness (QED) is 0.188. The third kappa shape index (κ3) is 4.91. The van der Waals surface area contributed by atoms with E-state index >= 15 is 0 Å². The van der Waals surface area contributed by atoms with Crippen LogP contribution in [-0.2, 0) is 12.8 Å². The van der Waals surface area contributed by atoms with Gasteiger partial charge in [-0.3, -0.25) is 0 Å². The predicted octanol–water partition coefficient (Wildman–Crippen LogP) is 12.3. The molecule has 4 aliphatic rings. The standard InChI is InChI=1S/C44H48N2/c1-3-15-33(16-4-1)43-37-25-23-36(46-28-12-20-32-14-8-10-22-42(32)46)30-40(37)44(34-17-5-2-6-18-34)38-26-24-35(29-39(38)43)45-27-11-19-31-13-7-9-21-41(31)45/h7-10,13-14,21-26,29-30,33-34H,1-6,11-12,15-20,27-28H2. The first kappa shape index (κ1) is 28.4. The summed E-state index contributed by atoms with van der Waals surface area (Å²) in [5, 5.41) is 6.20. The fraction of sp³-hybridized carbons (Fsp3) is 0.409. The molecular formula is C44H48N2. The molecule has 9 rings (SSSR count). The first-order valence-electron chi connectivity index (χ1n) is 18.6. The highest BCUT2D eigenvalue weighted by atomic mass is 15.1. The minimum absolute atomic E-state index is 0.643. The summed E-state index contributed by atoms with van der Waals surface area (Å²) in [6, 6.07) is 33.5. The summed E-state index contributed by atoms with van der Waals surface area (Å²) >= 11 is 0. The van der Waals surface area contributed by atoms with Crippen molar-refractivity contribution in [2.75, 3.05) is 22.9 Å². The molecule has 0 unspecified atom stereocenters. The molecule has 46 heavy (non-hydrogen) atoms. The first-order valence-corrected chi connectivity index (χ1v) is 18.6. The van der Waals surface area contributed by atoms with Crippen molar-refractivity contribution in [1.29, 1.82) is 0 Å². The number of anilines is 4. The van der Waals surface area contributed by atoms with E-state index in [2.05, 4.69) is 94.7 Å². The molecule has 0 saturated heterocycles. The molecule has 5 aromatic rings. The van der Waals surface area contributed by atoms with Gasteiger partial charge >= 0.3 is 0 Å². The Morgan fingerprint density at radius 3 is 1.30 bits per heavy atom. The van der Waals surface area contributed by atoms with Crippen LogP contribution in [0.15, 0.2) is 84.9 Å². The molecular weight excluding hydrogens is 556 g/mol. The van der Waals surface area contributed by atoms with Gasteiger partial charge in [-0.2, -0.15) is 0 Å². The predicted molar refractivity (Wildman–Crippen MR) is 197 cm³/mol. The number of hydrogen-bond acceptors (Lipinski definition) is 2. The van der Waals surface area contributed by atoms with E-state index in [0.29, 0.717) is 11.8 Å². The van der Waals surface area contributed by atoms with E-state index < -0.39 is 0 Å². The average molecular weight is 605 g/mol. The Balaban J connectivity index is 1.29. The second kappa shape index (κ2) is 12.1. The van der Waals surface area contributed by atoms with Crippen LogP contribution in [0.25, 0.3) is 21.5 Å². The lowest BCUT2D eigenvalue weighted by atomic mass is 9.74. The van der Waals surface area contributed by atoms with Gasteiger partial charge in [-0.1, -0.05) is 87.1 Å². The number of rotatable bonds is 4. The summed E-state index contributed by atoms with van der Waals surface area (Å²) in [6.07, 6.45) is 18.3. The van der Waals surface area contributed by atoms with Crippen LogP contribution in [0, 0.1) is 0 Å². The lowest BCUT2D eigenvalue weighted by Crippen LogP contribution is -2.24. The van der Waals surface area contributed by atoms with Crippen LogP contribution in [-0.4, -0.2) is 13.1 Å². The van der Waals surface area contributed by atoms with Crippen molar-refractivity contribution >= 4 is 44.3 Å². The second-order valence-corrected chi connectivity index (χ2v) is 14.7. The summed E-state index contributed by atoms with van der Waals surface area (Å²) in [5.41, 5.74) is 11.9. The Kier molecular flexibility index (Phi) is 7.48. The number of benzene rings is 5. The van der Waals surface area contributed by atoms with Crippen molar-refractivity contribution in [1.82, 2.24) is 0 Å². The van der Waals surface area contributed by atoms with Crippen LogP contribution in [0.2, 0.25) is 0 Å². The van der Waals surface area contributed by atoms with Gasteiger partial charge in [-0.05, 0) is 143 Å². The highest BCUT2D eigenvalue weighted by molar-refractivity contribution is 6.09. The van der Waals surface area contributed by atoms with Crippen molar-refractivity contribution < 1.29 is 0 Å². The number of aryl methyl sites for hydroxylation is 2. The van der Waals surface area contributed by atoms with Gasteiger partial charge in [-0.25, -0.2) is 0 Å². The molecule has 2 aliphatic carbocycles. The molecule has 2 saturated carbocycles. The van der Waals surface area contributed by atoms with E-state index in [1.165, 1.54) is 124 Å². The van der Waals surface area contributed by atoms with Crippen LogP contribution in [0.5, 0.6) is 0 Å². The van der Waals surface area contributed by atoms with E-state index in [9.17, 15) is 0 Å². The zero-order valence-corrected chi connectivity index (χ0v) is 27.4. The third-order valence-electron chi connectivity index (χ3n) is 12.0. The van der Waals surface area contributed by atoms with E-state index in [0.717, 1.165) is 13.1 Å². The monoisotopic (exact) mass is 604 g/mol. The Hall–Kier alpha value is -3.78. The molecule has 234 valence electrons. The molecule has 0 aromatic heterocycles. The Labute approximate surface area is 275 Å². The van der Waals surface area contributed by atoms with Gasteiger partial charge in [0.15, 0.2) is 0 Å². The van der Waals surface area contributed by atoms with Crippen molar-refractivity contribution in [3.05, 3.63) is 107 Å². The molecule has 0 radical (unpaired) electrons. The third-order valence-corrected chi connectivity index (χ3v) is 12.0. The number of hydrogen-bond donors (Lipinski definition) is 0. The van der Waals surface area contributed by atoms with Gasteiger partial charge in [-0.15, -0.1) is 0 Å². The zero-order valence-electron chi connectivity index (χ0n) is 27.4. The van der Waals surface area contributed by atoms with E-state index in [1.54, 1.807) is 32.7 Å². The van der Waals surface area contributed by atoms with Crippen LogP contribution in [0.4, 0.5) is 22.7 Å². The number of nitrogens with zero attached hydrogens (tertiary/aromatic N) is 2. The van der Waals surface area contributed by atoms with Gasteiger partial charge in [0.2, 0.25) is 0 Å². The molecule has 0 N–H and O–H groups in total. The highest BCUT2D eigenvalue weighted by Gasteiger charge is 2.29. The Bertz CT molecular complexity index is 1750. The molecule has 2 aliphatic heterocycles. The molecule has 0 bridgehead atoms. The maximum Gasteiger partial charge on any atom is 0.0443 e. The van der Waals surface area contributed by atoms with Crippen molar-refractivity contribution in [2.45, 2.75) is 102 Å². The van der Waals surface area contributed by atoms with Gasteiger partial charge in [0.1, 0.15) is 0 Å². The molecule has 2 heterocycles. The Morgan fingerprint density at radius 1 is 0.413 bits per heavy atom. The number of fused-ring (bicyclic) bond motifs is 4. The lowest BCUT2D eigenvalue weighted by molar-refractivity contribution is 0.445. The number of para-hydroxylation sites is 2. The normalized spacial score (nSPS) is 19.4. The molecule has 0 atom stereocenters. The summed E-state index contributed by atoms with van der Waals surface area (Å²) < 4.78 is 0. The van der Waals surface area contributed by atoms with E-state index in [-0.39, 0.29) is 0 Å². The highest BCUT2D eigenvalue weighted by Crippen LogP contribution is 2.49. The van der Waals surface area contributed by atoms with Gasteiger partial charge < -0.3 is 9.80 Å². The van der Waals surface area contributed by atoms with Gasteiger partial charge in [0.25, 0.3) is 0 Å². The Morgan fingerprint density at radius 2 is 0.848 bits per heavy atom. The smallest absolute Gasteiger partial charge is 0.0443 e. The largest absolute Gasteiger partial charge is 0.341 e. The summed E-state index contributed by atoms with van der Waals surface area (Å²) in [4.78, 5) is 5.23. The fourth-order valence-corrected chi connectivity index (χ4v) is 9.87. The van der Waals surface area contributed by atoms with Gasteiger partial charge in [0.05, 0.1) is 0 Å². The van der Waals surface area contributed by atoms with Crippen LogP contribution >= 0.6 is 0 Å². The topological polar surface area (TPSA) is 6.48 Å². The summed E-state index contributed by atoms with van der Waals surface area (Å²) in [7, 11) is 0. The first-order chi connectivity index (χ1) is 22.8. The van der Waals surface area contributed by atoms with E-state index in [4.69, 9.17) is 0 Å². The van der Waals surface area contributed by atoms with E-state index in [1.807, 2.05) is 0 Å². The van der Waals surface area contributed by atoms with Crippen molar-refractivity contribution in [3.63, 3.8) is 0 Å². The van der Waals surface area contributed by atoms with Crippen LogP contribution < -0.4 is 9.80 Å². The average Bonchev–Trinajstić information content (AvgIpc) is 3.13. The minimum Gasteiger partial charge on any atom is -0.341 e. The van der Waals surface area contributed by atoms with Crippen LogP contribution in [0.3, 0.4) is 0 Å². The van der Waals surface area contributed by atoms with Crippen LogP contribution in [0.1, 0.15) is 111 Å². The minimum atomic E-state index is 0.643. The molecule has 2 heteroatoms. The van der Waals surface area contributed by atoms with Gasteiger partial charge in [0, 0.05) is 35.8 Å². The van der Waals surface area contributed by atoms with Crippen molar-refractivity contribution in [3.8, 4) is 0 Å². The SMILES string of the molecule is c1ccc2c(c1)CCCN2c1ccc2c(C3CCCCC3)c3cc(N4CCCc5ccccc54)ccc3c(C3CCCCC3)c2c1. The summed E-state index contributed by atoms with van der Waals surface area (Å²) in [5.74, 6) is 1.29. The molecule has 2 nitrogen and oxygen atoms in total. The molecule has 5 aromatic carbocycles. The zero-order chi connectivity index (χ0) is 30.5. The summed E-state index contributed by atoms with van der Waals surface area (Å²) in [6.45, 7) is 2.20. The van der Waals surface area contributed by atoms with Crippen molar-refractivity contribution in [2.24, 2.45) is 0 Å². The maximum atomic E-state index is 2.63. The molecule has 0 spiro atoms. The lowest BCUT2D eigenvalue weighted by Gasteiger charge is -2.34. The molecule has 0 amide bonds. The maximum absolute atomic E-state index is 2.63. The molecule has 2 fully saturated rings. The second-order valence-electron chi connectivity index (χ2n) is 14.7. The fourth-order valence-electron chi connectivity index (χ4n) is 9.87.